The Labute approximate surface area is 139 Å². The number of ether oxygens (including phenoxy) is 2. The standard InChI is InChI=1S/C18H31NO4/c1-16(2,3)22-14(20)13-11-18(9-7-8-10-18)12-19(13)15(21)23-17(4,5)6/h13H,7-12H2,1-6H3. The fourth-order valence-electron chi connectivity index (χ4n) is 3.64. The lowest BCUT2D eigenvalue weighted by atomic mass is 9.84. The van der Waals surface area contributed by atoms with E-state index in [0.717, 1.165) is 12.8 Å². The van der Waals surface area contributed by atoms with Gasteiger partial charge in [0.1, 0.15) is 17.2 Å². The number of likely N-dealkylation sites (tertiary alicyclic amines) is 1. The molecular weight excluding hydrogens is 294 g/mol. The van der Waals surface area contributed by atoms with Crippen molar-refractivity contribution in [3.8, 4) is 0 Å². The molecule has 132 valence electrons. The van der Waals surface area contributed by atoms with E-state index in [1.807, 2.05) is 41.5 Å². The molecule has 1 unspecified atom stereocenters. The highest BCUT2D eigenvalue weighted by atomic mass is 16.6. The quantitative estimate of drug-likeness (QED) is 0.686. The fraction of sp³-hybridized carbons (Fsp3) is 0.889. The molecule has 1 heterocycles. The molecule has 1 saturated heterocycles. The zero-order valence-corrected chi connectivity index (χ0v) is 15.4. The Morgan fingerprint density at radius 2 is 1.48 bits per heavy atom. The van der Waals surface area contributed by atoms with Crippen LogP contribution in [-0.4, -0.2) is 40.8 Å². The molecule has 0 bridgehead atoms. The normalized spacial score (nSPS) is 24.1. The van der Waals surface area contributed by atoms with Crippen molar-refractivity contribution in [2.75, 3.05) is 6.54 Å². The number of amides is 1. The minimum absolute atomic E-state index is 0.0679. The van der Waals surface area contributed by atoms with Gasteiger partial charge in [0, 0.05) is 6.54 Å². The Balaban J connectivity index is 2.17. The molecule has 0 aromatic rings. The van der Waals surface area contributed by atoms with Gasteiger partial charge in [0.25, 0.3) is 0 Å². The molecule has 0 radical (unpaired) electrons. The van der Waals surface area contributed by atoms with E-state index in [2.05, 4.69) is 0 Å². The van der Waals surface area contributed by atoms with Gasteiger partial charge in [0.2, 0.25) is 0 Å². The van der Waals surface area contributed by atoms with Gasteiger partial charge in [-0.1, -0.05) is 12.8 Å². The maximum atomic E-state index is 12.6. The highest BCUT2D eigenvalue weighted by molar-refractivity contribution is 5.82. The molecule has 23 heavy (non-hydrogen) atoms. The summed E-state index contributed by atoms with van der Waals surface area (Å²) < 4.78 is 11.1. The molecule has 1 atom stereocenters. The van der Waals surface area contributed by atoms with Gasteiger partial charge in [-0.15, -0.1) is 0 Å². The minimum atomic E-state index is -0.568. The third kappa shape index (κ3) is 4.61. The lowest BCUT2D eigenvalue weighted by molar-refractivity contribution is -0.160. The predicted octanol–water partition coefficient (Wildman–Crippen LogP) is 3.90. The van der Waals surface area contributed by atoms with Gasteiger partial charge >= 0.3 is 12.1 Å². The van der Waals surface area contributed by atoms with E-state index in [9.17, 15) is 9.59 Å². The van der Waals surface area contributed by atoms with Crippen molar-refractivity contribution >= 4 is 12.1 Å². The highest BCUT2D eigenvalue weighted by Gasteiger charge is 2.51. The second-order valence-corrected chi connectivity index (χ2v) is 9.07. The Bertz CT molecular complexity index is 428. The largest absolute Gasteiger partial charge is 0.458 e. The first-order chi connectivity index (χ1) is 10.4. The molecule has 0 N–H and O–H groups in total. The SMILES string of the molecule is CC(C)(C)OC(=O)C1CC2(CCCC2)CN1C(=O)OC(C)(C)C. The van der Waals surface area contributed by atoms with Crippen molar-refractivity contribution in [3.63, 3.8) is 0 Å². The molecular formula is C18H31NO4. The summed E-state index contributed by atoms with van der Waals surface area (Å²) in [6.07, 6.45) is 4.78. The van der Waals surface area contributed by atoms with Crippen LogP contribution in [0.3, 0.4) is 0 Å². The van der Waals surface area contributed by atoms with E-state index in [-0.39, 0.29) is 11.4 Å². The Morgan fingerprint density at radius 3 is 1.96 bits per heavy atom. The van der Waals surface area contributed by atoms with Gasteiger partial charge in [0.15, 0.2) is 0 Å². The van der Waals surface area contributed by atoms with Gasteiger partial charge in [-0.25, -0.2) is 9.59 Å². The summed E-state index contributed by atoms with van der Waals surface area (Å²) in [5.74, 6) is -0.313. The van der Waals surface area contributed by atoms with E-state index in [1.54, 1.807) is 4.90 Å². The lowest BCUT2D eigenvalue weighted by Gasteiger charge is -2.29. The van der Waals surface area contributed by atoms with E-state index >= 15 is 0 Å². The van der Waals surface area contributed by atoms with Crippen LogP contribution in [-0.2, 0) is 14.3 Å². The average molecular weight is 325 g/mol. The summed E-state index contributed by atoms with van der Waals surface area (Å²) in [5, 5.41) is 0. The van der Waals surface area contributed by atoms with Crippen molar-refractivity contribution < 1.29 is 19.1 Å². The third-order valence-electron chi connectivity index (χ3n) is 4.48. The first-order valence-electron chi connectivity index (χ1n) is 8.63. The molecule has 1 aliphatic carbocycles. The molecule has 5 nitrogen and oxygen atoms in total. The lowest BCUT2D eigenvalue weighted by Crippen LogP contribution is -2.45. The topological polar surface area (TPSA) is 55.8 Å². The van der Waals surface area contributed by atoms with Crippen LogP contribution in [0.2, 0.25) is 0 Å². The molecule has 0 aromatic heterocycles. The van der Waals surface area contributed by atoms with Gasteiger partial charge in [0.05, 0.1) is 0 Å². The Morgan fingerprint density at radius 1 is 0.957 bits per heavy atom. The molecule has 0 aromatic carbocycles. The Kier molecular flexibility index (Phi) is 4.71. The van der Waals surface area contributed by atoms with Crippen LogP contribution in [0.5, 0.6) is 0 Å². The number of hydrogen-bond donors (Lipinski definition) is 0. The van der Waals surface area contributed by atoms with Gasteiger partial charge in [-0.2, -0.15) is 0 Å². The molecule has 1 amide bonds. The maximum absolute atomic E-state index is 12.6. The summed E-state index contributed by atoms with van der Waals surface area (Å²) in [6.45, 7) is 11.7. The molecule has 2 rings (SSSR count). The van der Waals surface area contributed by atoms with Crippen LogP contribution >= 0.6 is 0 Å². The average Bonchev–Trinajstić information content (AvgIpc) is 2.93. The first-order valence-corrected chi connectivity index (χ1v) is 8.63. The zero-order valence-electron chi connectivity index (χ0n) is 15.4. The summed E-state index contributed by atoms with van der Waals surface area (Å²) in [5.41, 5.74) is -1.05. The molecule has 1 saturated carbocycles. The van der Waals surface area contributed by atoms with Crippen LogP contribution in [0.4, 0.5) is 4.79 Å². The summed E-state index contributed by atoms with van der Waals surface area (Å²) >= 11 is 0. The van der Waals surface area contributed by atoms with E-state index < -0.39 is 23.3 Å². The van der Waals surface area contributed by atoms with Gasteiger partial charge in [-0.05, 0) is 66.2 Å². The Hall–Kier alpha value is -1.26. The van der Waals surface area contributed by atoms with Crippen molar-refractivity contribution in [2.24, 2.45) is 5.41 Å². The van der Waals surface area contributed by atoms with Crippen molar-refractivity contribution in [2.45, 2.75) is 90.9 Å². The first kappa shape index (κ1) is 18.1. The maximum Gasteiger partial charge on any atom is 0.411 e. The van der Waals surface area contributed by atoms with Crippen LogP contribution in [0.15, 0.2) is 0 Å². The molecule has 1 spiro atoms. The molecule has 2 fully saturated rings. The van der Waals surface area contributed by atoms with E-state index in [0.29, 0.717) is 13.0 Å². The van der Waals surface area contributed by atoms with Crippen molar-refractivity contribution in [3.05, 3.63) is 0 Å². The number of carbonyl (C=O) groups is 2. The monoisotopic (exact) mass is 325 g/mol. The number of hydrogen-bond acceptors (Lipinski definition) is 4. The summed E-state index contributed by atoms with van der Waals surface area (Å²) in [7, 11) is 0. The third-order valence-corrected chi connectivity index (χ3v) is 4.48. The minimum Gasteiger partial charge on any atom is -0.458 e. The fourth-order valence-corrected chi connectivity index (χ4v) is 3.64. The molecule has 2 aliphatic rings. The van der Waals surface area contributed by atoms with Crippen molar-refractivity contribution in [1.29, 1.82) is 0 Å². The van der Waals surface area contributed by atoms with Crippen LogP contribution in [0.25, 0.3) is 0 Å². The van der Waals surface area contributed by atoms with E-state index in [4.69, 9.17) is 9.47 Å². The second-order valence-electron chi connectivity index (χ2n) is 9.07. The number of rotatable bonds is 1. The van der Waals surface area contributed by atoms with E-state index in [1.165, 1.54) is 12.8 Å². The smallest absolute Gasteiger partial charge is 0.411 e. The van der Waals surface area contributed by atoms with Gasteiger partial charge in [-0.3, -0.25) is 4.90 Å². The number of nitrogens with zero attached hydrogens (tertiary/aromatic N) is 1. The van der Waals surface area contributed by atoms with Gasteiger partial charge < -0.3 is 9.47 Å². The van der Waals surface area contributed by atoms with Crippen LogP contribution in [0, 0.1) is 5.41 Å². The highest BCUT2D eigenvalue weighted by Crippen LogP contribution is 2.48. The number of esters is 1. The zero-order chi connectivity index (χ0) is 17.5. The summed E-state index contributed by atoms with van der Waals surface area (Å²) in [4.78, 5) is 26.8. The predicted molar refractivity (Wildman–Crippen MR) is 88.1 cm³/mol. The molecule has 5 heteroatoms. The molecule has 1 aliphatic heterocycles. The van der Waals surface area contributed by atoms with Crippen molar-refractivity contribution in [1.82, 2.24) is 4.90 Å². The summed E-state index contributed by atoms with van der Waals surface area (Å²) in [6, 6.07) is -0.526. The second kappa shape index (κ2) is 5.99. The van der Waals surface area contributed by atoms with Crippen LogP contribution in [0.1, 0.15) is 73.6 Å². The van der Waals surface area contributed by atoms with Crippen LogP contribution < -0.4 is 0 Å². The number of carbonyl (C=O) groups excluding carboxylic acids is 2.